The van der Waals surface area contributed by atoms with Gasteiger partial charge in [0.05, 0.1) is 37.0 Å². The van der Waals surface area contributed by atoms with Crippen molar-refractivity contribution in [3.05, 3.63) is 78.8 Å². The number of ether oxygens (including phenoxy) is 1. The van der Waals surface area contributed by atoms with Gasteiger partial charge in [0.15, 0.2) is 5.76 Å². The van der Waals surface area contributed by atoms with Crippen LogP contribution in [0.15, 0.2) is 77.5 Å². The molecule has 31 heavy (non-hydrogen) atoms. The number of nitrogens with zero attached hydrogens (tertiary/aromatic N) is 4. The van der Waals surface area contributed by atoms with Crippen molar-refractivity contribution in [3.63, 3.8) is 0 Å². The van der Waals surface area contributed by atoms with E-state index >= 15 is 0 Å². The average Bonchev–Trinajstić information content (AvgIpc) is 3.51. The number of hydrogen-bond acceptors (Lipinski definition) is 6. The second-order valence-corrected chi connectivity index (χ2v) is 7.09. The molecule has 8 heteroatoms. The van der Waals surface area contributed by atoms with Crippen LogP contribution in [0.25, 0.3) is 17.1 Å². The van der Waals surface area contributed by atoms with E-state index in [2.05, 4.69) is 20.3 Å². The van der Waals surface area contributed by atoms with Crippen molar-refractivity contribution >= 4 is 17.4 Å². The molecule has 1 amide bonds. The standard InChI is InChI=1S/C23H21N5O3/c29-23(25-22-9-8-18(16-24-22)27-10-13-30-14-11-27)20-15-19(21-7-4-12-31-21)26-28(20)17-5-2-1-3-6-17/h1-9,12,15-16H,10-11,13-14H2,(H,24,25,29). The third-order valence-corrected chi connectivity index (χ3v) is 5.08. The molecule has 4 heterocycles. The Morgan fingerprint density at radius 1 is 0.968 bits per heavy atom. The summed E-state index contributed by atoms with van der Waals surface area (Å²) < 4.78 is 12.5. The van der Waals surface area contributed by atoms with Crippen LogP contribution in [0, 0.1) is 0 Å². The number of nitrogens with one attached hydrogen (secondary N) is 1. The van der Waals surface area contributed by atoms with Gasteiger partial charge in [-0.25, -0.2) is 9.67 Å². The largest absolute Gasteiger partial charge is 0.463 e. The van der Waals surface area contributed by atoms with Crippen molar-refractivity contribution < 1.29 is 13.9 Å². The zero-order valence-electron chi connectivity index (χ0n) is 16.8. The maximum Gasteiger partial charge on any atom is 0.275 e. The summed E-state index contributed by atoms with van der Waals surface area (Å²) in [4.78, 5) is 19.7. The molecule has 1 aliphatic rings. The van der Waals surface area contributed by atoms with Crippen LogP contribution in [-0.2, 0) is 4.74 Å². The van der Waals surface area contributed by atoms with E-state index in [1.165, 1.54) is 0 Å². The van der Waals surface area contributed by atoms with Gasteiger partial charge in [-0.15, -0.1) is 0 Å². The van der Waals surface area contributed by atoms with E-state index in [4.69, 9.17) is 9.15 Å². The highest BCUT2D eigenvalue weighted by molar-refractivity contribution is 6.03. The molecular weight excluding hydrogens is 394 g/mol. The molecule has 1 aliphatic heterocycles. The van der Waals surface area contributed by atoms with Crippen LogP contribution >= 0.6 is 0 Å². The lowest BCUT2D eigenvalue weighted by Crippen LogP contribution is -2.36. The molecule has 0 radical (unpaired) electrons. The van der Waals surface area contributed by atoms with Gasteiger partial charge in [-0.2, -0.15) is 5.10 Å². The number of carbonyl (C=O) groups is 1. The van der Waals surface area contributed by atoms with Crippen LogP contribution in [0.2, 0.25) is 0 Å². The van der Waals surface area contributed by atoms with Crippen LogP contribution in [0.3, 0.4) is 0 Å². The van der Waals surface area contributed by atoms with Crippen LogP contribution in [0.1, 0.15) is 10.5 Å². The Kier molecular flexibility index (Phi) is 5.20. The van der Waals surface area contributed by atoms with Crippen molar-refractivity contribution in [2.75, 3.05) is 36.5 Å². The molecule has 1 saturated heterocycles. The van der Waals surface area contributed by atoms with Crippen molar-refractivity contribution in [2.24, 2.45) is 0 Å². The average molecular weight is 415 g/mol. The lowest BCUT2D eigenvalue weighted by atomic mass is 10.2. The second kappa shape index (κ2) is 8.45. The number of amides is 1. The summed E-state index contributed by atoms with van der Waals surface area (Å²) >= 11 is 0. The number of hydrogen-bond donors (Lipinski definition) is 1. The Bertz CT molecular complexity index is 1150. The van der Waals surface area contributed by atoms with Crippen LogP contribution < -0.4 is 10.2 Å². The summed E-state index contributed by atoms with van der Waals surface area (Å²) in [5.74, 6) is 0.764. The molecule has 0 spiro atoms. The third kappa shape index (κ3) is 4.06. The fraction of sp³-hybridized carbons (Fsp3) is 0.174. The molecule has 0 atom stereocenters. The molecule has 0 unspecified atom stereocenters. The summed E-state index contributed by atoms with van der Waals surface area (Å²) in [6.45, 7) is 3.08. The number of benzene rings is 1. The number of para-hydroxylation sites is 1. The summed E-state index contributed by atoms with van der Waals surface area (Å²) in [5, 5.41) is 7.46. The number of carbonyl (C=O) groups excluding carboxylic acids is 1. The number of rotatable bonds is 5. The SMILES string of the molecule is O=C(Nc1ccc(N2CCOCC2)cn1)c1cc(-c2ccco2)nn1-c1ccccc1. The summed E-state index contributed by atoms with van der Waals surface area (Å²) in [5.41, 5.74) is 2.75. The molecule has 1 aromatic carbocycles. The molecule has 156 valence electrons. The van der Waals surface area contributed by atoms with E-state index in [9.17, 15) is 4.79 Å². The first-order valence-corrected chi connectivity index (χ1v) is 10.1. The van der Waals surface area contributed by atoms with Gasteiger partial charge in [0.2, 0.25) is 0 Å². The molecule has 0 aliphatic carbocycles. The van der Waals surface area contributed by atoms with Gasteiger partial charge in [0.25, 0.3) is 5.91 Å². The fourth-order valence-electron chi connectivity index (χ4n) is 3.50. The van der Waals surface area contributed by atoms with E-state index in [1.807, 2.05) is 42.5 Å². The predicted octanol–water partition coefficient (Wildman–Crippen LogP) is 3.62. The van der Waals surface area contributed by atoms with E-state index in [1.54, 1.807) is 35.3 Å². The Labute approximate surface area is 179 Å². The van der Waals surface area contributed by atoms with E-state index in [-0.39, 0.29) is 5.91 Å². The van der Waals surface area contributed by atoms with Crippen LogP contribution in [0.5, 0.6) is 0 Å². The molecule has 8 nitrogen and oxygen atoms in total. The van der Waals surface area contributed by atoms with Crippen molar-refractivity contribution in [3.8, 4) is 17.1 Å². The molecule has 5 rings (SSSR count). The van der Waals surface area contributed by atoms with Gasteiger partial charge >= 0.3 is 0 Å². The molecule has 0 saturated carbocycles. The number of furan rings is 1. The minimum Gasteiger partial charge on any atom is -0.463 e. The van der Waals surface area contributed by atoms with Gasteiger partial charge in [-0.05, 0) is 36.4 Å². The first kappa shape index (κ1) is 19.1. The maximum absolute atomic E-state index is 13.1. The monoisotopic (exact) mass is 415 g/mol. The Morgan fingerprint density at radius 3 is 2.52 bits per heavy atom. The highest BCUT2D eigenvalue weighted by Crippen LogP contribution is 2.23. The van der Waals surface area contributed by atoms with Crippen LogP contribution in [-0.4, -0.2) is 47.0 Å². The third-order valence-electron chi connectivity index (χ3n) is 5.08. The molecule has 0 bridgehead atoms. The van der Waals surface area contributed by atoms with Gasteiger partial charge < -0.3 is 19.4 Å². The molecular formula is C23H21N5O3. The van der Waals surface area contributed by atoms with Crippen molar-refractivity contribution in [2.45, 2.75) is 0 Å². The number of pyridine rings is 1. The predicted molar refractivity (Wildman–Crippen MR) is 116 cm³/mol. The first-order valence-electron chi connectivity index (χ1n) is 10.1. The van der Waals surface area contributed by atoms with Gasteiger partial charge in [0, 0.05) is 19.2 Å². The molecule has 4 aromatic rings. The summed E-state index contributed by atoms with van der Waals surface area (Å²) in [6.07, 6.45) is 3.35. The minimum absolute atomic E-state index is 0.305. The normalized spacial score (nSPS) is 13.9. The second-order valence-electron chi connectivity index (χ2n) is 7.09. The van der Waals surface area contributed by atoms with Crippen molar-refractivity contribution in [1.82, 2.24) is 14.8 Å². The minimum atomic E-state index is -0.305. The van der Waals surface area contributed by atoms with Crippen molar-refractivity contribution in [1.29, 1.82) is 0 Å². The smallest absolute Gasteiger partial charge is 0.275 e. The van der Waals surface area contributed by atoms with E-state index < -0.39 is 0 Å². The molecule has 1 fully saturated rings. The lowest BCUT2D eigenvalue weighted by molar-refractivity contribution is 0.101. The summed E-state index contributed by atoms with van der Waals surface area (Å²) in [6, 6.07) is 18.6. The Morgan fingerprint density at radius 2 is 1.81 bits per heavy atom. The molecule has 1 N–H and O–H groups in total. The highest BCUT2D eigenvalue weighted by Gasteiger charge is 2.19. The topological polar surface area (TPSA) is 85.4 Å². The maximum atomic E-state index is 13.1. The number of morpholine rings is 1. The summed E-state index contributed by atoms with van der Waals surface area (Å²) in [7, 11) is 0. The van der Waals surface area contributed by atoms with Gasteiger partial charge in [0.1, 0.15) is 17.2 Å². The quantitative estimate of drug-likeness (QED) is 0.536. The highest BCUT2D eigenvalue weighted by atomic mass is 16.5. The zero-order valence-corrected chi connectivity index (χ0v) is 16.8. The Hall–Kier alpha value is -3.91. The van der Waals surface area contributed by atoms with E-state index in [0.29, 0.717) is 36.2 Å². The van der Waals surface area contributed by atoms with Gasteiger partial charge in [-0.1, -0.05) is 18.2 Å². The fourth-order valence-corrected chi connectivity index (χ4v) is 3.50. The lowest BCUT2D eigenvalue weighted by Gasteiger charge is -2.28. The van der Waals surface area contributed by atoms with Gasteiger partial charge in [-0.3, -0.25) is 4.79 Å². The number of anilines is 2. The zero-order chi connectivity index (χ0) is 21.0. The number of aromatic nitrogens is 3. The first-order chi connectivity index (χ1) is 15.3. The Balaban J connectivity index is 1.40. The molecule has 3 aromatic heterocycles. The van der Waals surface area contributed by atoms with Crippen LogP contribution in [0.4, 0.5) is 11.5 Å². The van der Waals surface area contributed by atoms with E-state index in [0.717, 1.165) is 24.5 Å².